The molecule has 1 rings (SSSR count). The van der Waals surface area contributed by atoms with E-state index in [0.717, 1.165) is 6.21 Å². The molecule has 0 fully saturated rings. The molecule has 0 spiro atoms. The highest BCUT2D eigenvalue weighted by atomic mass is 16.6. The molecule has 0 amide bonds. The summed E-state index contributed by atoms with van der Waals surface area (Å²) in [4.78, 5) is 21.4. The summed E-state index contributed by atoms with van der Waals surface area (Å²) in [5.74, 6) is 4.76. The lowest BCUT2D eigenvalue weighted by molar-refractivity contribution is -0.384. The fourth-order valence-corrected chi connectivity index (χ4v) is 1.20. The van der Waals surface area contributed by atoms with Gasteiger partial charge in [0.1, 0.15) is 5.71 Å². The van der Waals surface area contributed by atoms with Gasteiger partial charge >= 0.3 is 0 Å². The van der Waals surface area contributed by atoms with Crippen molar-refractivity contribution < 1.29 is 9.72 Å². The zero-order chi connectivity index (χ0) is 14.3. The van der Waals surface area contributed by atoms with Gasteiger partial charge in [0, 0.05) is 18.6 Å². The van der Waals surface area contributed by atoms with Crippen molar-refractivity contribution in [2.45, 2.75) is 13.3 Å². The zero-order valence-corrected chi connectivity index (χ0v) is 10.2. The number of carbonyl (C=O) groups is 1. The van der Waals surface area contributed by atoms with Crippen LogP contribution in [-0.2, 0) is 4.79 Å². The Balaban J connectivity index is 2.83. The van der Waals surface area contributed by atoms with Crippen molar-refractivity contribution in [3.05, 3.63) is 34.4 Å². The third-order valence-corrected chi connectivity index (χ3v) is 2.19. The molecule has 19 heavy (non-hydrogen) atoms. The molecule has 0 atom stereocenters. The van der Waals surface area contributed by atoms with Crippen LogP contribution in [0.2, 0.25) is 0 Å². The largest absolute Gasteiger partial charge is 0.323 e. The van der Waals surface area contributed by atoms with E-state index in [1.807, 2.05) is 0 Å². The summed E-state index contributed by atoms with van der Waals surface area (Å²) in [6, 6.07) is 5.62. The van der Waals surface area contributed by atoms with E-state index < -0.39 is 4.92 Å². The molecule has 0 bridgehead atoms. The molecule has 8 heteroatoms. The number of nitrogens with one attached hydrogen (secondary N) is 1. The summed E-state index contributed by atoms with van der Waals surface area (Å²) in [6.07, 6.45) is 1.41. The fourth-order valence-electron chi connectivity index (χ4n) is 1.20. The van der Waals surface area contributed by atoms with E-state index in [1.165, 1.54) is 24.3 Å². The number of hydrazone groups is 2. The molecule has 100 valence electrons. The summed E-state index contributed by atoms with van der Waals surface area (Å²) in [5, 5.41) is 17.6. The molecule has 8 nitrogen and oxygen atoms in total. The topological polar surface area (TPSA) is 123 Å². The lowest BCUT2D eigenvalue weighted by Crippen LogP contribution is -2.17. The summed E-state index contributed by atoms with van der Waals surface area (Å²) >= 11 is 0. The normalized spacial score (nSPS) is 11.5. The summed E-state index contributed by atoms with van der Waals surface area (Å²) in [6.45, 7) is 1.69. The Labute approximate surface area is 109 Å². The van der Waals surface area contributed by atoms with Crippen LogP contribution in [0.25, 0.3) is 0 Å². The number of nitro groups is 1. The minimum atomic E-state index is -0.500. The first-order valence-electron chi connectivity index (χ1n) is 5.43. The second kappa shape index (κ2) is 6.84. The molecule has 0 aromatic heterocycles. The van der Waals surface area contributed by atoms with Crippen LogP contribution >= 0.6 is 0 Å². The highest BCUT2D eigenvalue weighted by molar-refractivity contribution is 6.61. The quantitative estimate of drug-likeness (QED) is 0.346. The fraction of sp³-hybridized carbons (Fsp3) is 0.182. The highest BCUT2D eigenvalue weighted by Gasteiger charge is 2.07. The van der Waals surface area contributed by atoms with Gasteiger partial charge < -0.3 is 5.84 Å². The van der Waals surface area contributed by atoms with Crippen LogP contribution < -0.4 is 11.3 Å². The van der Waals surface area contributed by atoms with Crippen molar-refractivity contribution in [3.8, 4) is 0 Å². The number of anilines is 1. The van der Waals surface area contributed by atoms with Crippen LogP contribution in [0.5, 0.6) is 0 Å². The Bertz CT molecular complexity index is 522. The Hall–Kier alpha value is -2.77. The smallest absolute Gasteiger partial charge is 0.269 e. The van der Waals surface area contributed by atoms with E-state index in [9.17, 15) is 14.9 Å². The van der Waals surface area contributed by atoms with Gasteiger partial charge in [-0.1, -0.05) is 6.92 Å². The number of nitro benzene ring substituents is 1. The van der Waals surface area contributed by atoms with Crippen molar-refractivity contribution in [3.63, 3.8) is 0 Å². The van der Waals surface area contributed by atoms with E-state index >= 15 is 0 Å². The van der Waals surface area contributed by atoms with Gasteiger partial charge in [-0.2, -0.15) is 10.2 Å². The second-order valence-corrected chi connectivity index (χ2v) is 3.47. The number of nitrogens with zero attached hydrogens (tertiary/aromatic N) is 3. The Morgan fingerprint density at radius 1 is 1.47 bits per heavy atom. The second-order valence-electron chi connectivity index (χ2n) is 3.47. The van der Waals surface area contributed by atoms with Crippen molar-refractivity contribution >= 4 is 29.1 Å². The number of hydrogen-bond acceptors (Lipinski definition) is 7. The average molecular weight is 263 g/mol. The molecule has 0 radical (unpaired) electrons. The molecule has 1 aromatic rings. The number of non-ortho nitro benzene ring substituents is 1. The number of rotatable bonds is 6. The Morgan fingerprint density at radius 3 is 2.58 bits per heavy atom. The first-order valence-corrected chi connectivity index (χ1v) is 5.43. The monoisotopic (exact) mass is 263 g/mol. The van der Waals surface area contributed by atoms with Crippen LogP contribution in [0, 0.1) is 10.1 Å². The lowest BCUT2D eigenvalue weighted by atomic mass is 10.2. The van der Waals surface area contributed by atoms with E-state index in [4.69, 9.17) is 5.84 Å². The van der Waals surface area contributed by atoms with Crippen LogP contribution in [0.3, 0.4) is 0 Å². The van der Waals surface area contributed by atoms with Gasteiger partial charge in [-0.05, 0) is 12.1 Å². The number of carbonyl (C=O) groups excluding carboxylic acids is 1. The van der Waals surface area contributed by atoms with E-state index in [2.05, 4.69) is 15.6 Å². The Morgan fingerprint density at radius 2 is 2.11 bits per heavy atom. The first-order chi connectivity index (χ1) is 9.08. The minimum Gasteiger partial charge on any atom is -0.323 e. The van der Waals surface area contributed by atoms with Crippen LogP contribution in [-0.4, -0.2) is 22.6 Å². The van der Waals surface area contributed by atoms with Crippen LogP contribution in [0.15, 0.2) is 34.5 Å². The third-order valence-electron chi connectivity index (χ3n) is 2.19. The molecule has 0 unspecified atom stereocenters. The maximum absolute atomic E-state index is 11.5. The molecule has 0 aliphatic carbocycles. The molecular weight excluding hydrogens is 250 g/mol. The zero-order valence-electron chi connectivity index (χ0n) is 10.2. The molecule has 0 saturated heterocycles. The van der Waals surface area contributed by atoms with Crippen LogP contribution in [0.1, 0.15) is 13.3 Å². The van der Waals surface area contributed by atoms with Crippen molar-refractivity contribution in [1.82, 2.24) is 0 Å². The summed E-state index contributed by atoms with van der Waals surface area (Å²) in [7, 11) is 0. The molecule has 1 aromatic carbocycles. The van der Waals surface area contributed by atoms with Crippen molar-refractivity contribution in [2.24, 2.45) is 16.0 Å². The number of ketones is 1. The highest BCUT2D eigenvalue weighted by Crippen LogP contribution is 2.15. The first kappa shape index (κ1) is 14.3. The summed E-state index contributed by atoms with van der Waals surface area (Å²) in [5.41, 5.74) is 3.18. The van der Waals surface area contributed by atoms with E-state index in [-0.39, 0.29) is 23.6 Å². The molecular formula is C11H13N5O3. The predicted octanol–water partition coefficient (Wildman–Crippen LogP) is 1.29. The number of hydrogen-bond donors (Lipinski definition) is 2. The SMILES string of the molecule is CCC(=O)C(/C=N/N)=N/Nc1ccc([N+](=O)[O-])cc1. The van der Waals surface area contributed by atoms with Gasteiger partial charge in [-0.3, -0.25) is 20.3 Å². The van der Waals surface area contributed by atoms with Crippen molar-refractivity contribution in [1.29, 1.82) is 0 Å². The van der Waals surface area contributed by atoms with Gasteiger partial charge in [-0.25, -0.2) is 0 Å². The molecule has 0 saturated carbocycles. The van der Waals surface area contributed by atoms with Gasteiger partial charge in [0.25, 0.3) is 5.69 Å². The van der Waals surface area contributed by atoms with Gasteiger partial charge in [0.15, 0.2) is 5.78 Å². The van der Waals surface area contributed by atoms with Crippen LogP contribution in [0.4, 0.5) is 11.4 Å². The molecule has 3 N–H and O–H groups in total. The number of benzene rings is 1. The summed E-state index contributed by atoms with van der Waals surface area (Å²) < 4.78 is 0. The standard InChI is InChI=1S/C11H13N5O3/c1-2-11(17)10(7-13-12)15-14-8-3-5-9(6-4-8)16(18)19/h3-7,14H,2,12H2,1H3/b13-7+,15-10+. The third kappa shape index (κ3) is 4.19. The molecule has 0 aliphatic heterocycles. The molecule has 0 heterocycles. The molecule has 0 aliphatic rings. The average Bonchev–Trinajstić information content (AvgIpc) is 2.43. The van der Waals surface area contributed by atoms with Gasteiger partial charge in [-0.15, -0.1) is 0 Å². The predicted molar refractivity (Wildman–Crippen MR) is 72.1 cm³/mol. The minimum absolute atomic E-state index is 0.0251. The lowest BCUT2D eigenvalue weighted by Gasteiger charge is -2.01. The number of Topliss-reactive ketones (excluding diaryl/α,β-unsaturated/α-hetero) is 1. The van der Waals surface area contributed by atoms with E-state index in [1.54, 1.807) is 6.92 Å². The van der Waals surface area contributed by atoms with Crippen molar-refractivity contribution in [2.75, 3.05) is 5.43 Å². The maximum atomic E-state index is 11.5. The van der Waals surface area contributed by atoms with Gasteiger partial charge in [0.2, 0.25) is 0 Å². The number of nitrogens with two attached hydrogens (primary N) is 1. The Kier molecular flexibility index (Phi) is 5.15. The van der Waals surface area contributed by atoms with E-state index in [0.29, 0.717) is 5.69 Å². The maximum Gasteiger partial charge on any atom is 0.269 e. The van der Waals surface area contributed by atoms with Gasteiger partial charge in [0.05, 0.1) is 16.8 Å².